The van der Waals surface area contributed by atoms with Crippen LogP contribution in [0.25, 0.3) is 0 Å². The van der Waals surface area contributed by atoms with Crippen molar-refractivity contribution in [1.29, 1.82) is 0 Å². The van der Waals surface area contributed by atoms with Crippen molar-refractivity contribution in [1.82, 2.24) is 0 Å². The van der Waals surface area contributed by atoms with Crippen LogP contribution < -0.4 is 9.46 Å². The maximum atomic E-state index is 12.0. The Morgan fingerprint density at radius 1 is 1.23 bits per heavy atom. The molecule has 7 heteroatoms. The molecular formula is C15H14FNO4S. The van der Waals surface area contributed by atoms with Gasteiger partial charge >= 0.3 is 5.97 Å². The average Bonchev–Trinajstić information content (AvgIpc) is 2.53. The van der Waals surface area contributed by atoms with Crippen molar-refractivity contribution in [2.45, 2.75) is 6.61 Å². The summed E-state index contributed by atoms with van der Waals surface area (Å²) in [5.41, 5.74) is 1.36. The summed E-state index contributed by atoms with van der Waals surface area (Å²) in [6.07, 6.45) is 1.46. The minimum absolute atomic E-state index is 0.00185. The minimum Gasteiger partial charge on any atom is -0.487 e. The molecule has 0 fully saturated rings. The van der Waals surface area contributed by atoms with Crippen LogP contribution in [-0.4, -0.2) is 16.4 Å². The SMILES string of the molecule is CS(=O)Nc1ccc(C(=O)OF)cc1OCc1ccccc1. The molecule has 0 spiro atoms. The van der Waals surface area contributed by atoms with Gasteiger partial charge in [-0.3, -0.25) is 0 Å². The Hall–Kier alpha value is -2.41. The van der Waals surface area contributed by atoms with E-state index < -0.39 is 17.0 Å². The summed E-state index contributed by atoms with van der Waals surface area (Å²) < 4.78 is 31.6. The number of halogens is 1. The molecule has 0 saturated carbocycles. The molecule has 0 radical (unpaired) electrons. The first-order chi connectivity index (χ1) is 10.6. The fourth-order valence-corrected chi connectivity index (χ4v) is 2.27. The lowest BCUT2D eigenvalue weighted by Gasteiger charge is -2.13. The number of anilines is 1. The van der Waals surface area contributed by atoms with E-state index in [1.807, 2.05) is 30.3 Å². The highest BCUT2D eigenvalue weighted by Gasteiger charge is 2.13. The highest BCUT2D eigenvalue weighted by molar-refractivity contribution is 7.85. The highest BCUT2D eigenvalue weighted by Crippen LogP contribution is 2.27. The van der Waals surface area contributed by atoms with Crippen LogP contribution in [0.15, 0.2) is 48.5 Å². The number of carbonyl (C=O) groups is 1. The van der Waals surface area contributed by atoms with Crippen LogP contribution in [0.4, 0.5) is 10.2 Å². The third kappa shape index (κ3) is 4.29. The number of benzene rings is 2. The zero-order valence-electron chi connectivity index (χ0n) is 11.7. The van der Waals surface area contributed by atoms with Gasteiger partial charge < -0.3 is 9.46 Å². The Bertz CT molecular complexity index is 678. The zero-order valence-corrected chi connectivity index (χ0v) is 12.6. The van der Waals surface area contributed by atoms with Crippen molar-refractivity contribution in [2.24, 2.45) is 0 Å². The monoisotopic (exact) mass is 323 g/mol. The smallest absolute Gasteiger partial charge is 0.379 e. The van der Waals surface area contributed by atoms with E-state index in [2.05, 4.69) is 9.66 Å². The summed E-state index contributed by atoms with van der Waals surface area (Å²) in [7, 11) is -1.31. The van der Waals surface area contributed by atoms with Gasteiger partial charge in [0.05, 0.1) is 11.3 Å². The van der Waals surface area contributed by atoms with E-state index in [-0.39, 0.29) is 17.9 Å². The fourth-order valence-electron chi connectivity index (χ4n) is 1.79. The second kappa shape index (κ2) is 7.56. The Balaban J connectivity index is 2.24. The van der Waals surface area contributed by atoms with Crippen LogP contribution in [0.5, 0.6) is 5.75 Å². The fraction of sp³-hybridized carbons (Fsp3) is 0.133. The molecule has 0 aliphatic carbocycles. The van der Waals surface area contributed by atoms with Gasteiger partial charge in [0.25, 0.3) is 0 Å². The molecule has 2 aromatic rings. The Labute approximate surface area is 129 Å². The molecule has 0 aliphatic rings. The molecule has 1 N–H and O–H groups in total. The lowest BCUT2D eigenvalue weighted by molar-refractivity contribution is -0.0788. The predicted octanol–water partition coefficient (Wildman–Crippen LogP) is 3.01. The Morgan fingerprint density at radius 3 is 2.59 bits per heavy atom. The first-order valence-corrected chi connectivity index (χ1v) is 7.89. The minimum atomic E-state index is -1.31. The number of rotatable bonds is 6. The van der Waals surface area contributed by atoms with E-state index in [4.69, 9.17) is 4.74 Å². The van der Waals surface area contributed by atoms with Crippen molar-refractivity contribution in [2.75, 3.05) is 11.0 Å². The zero-order chi connectivity index (χ0) is 15.9. The Morgan fingerprint density at radius 2 is 1.95 bits per heavy atom. The number of carbonyl (C=O) groups excluding carboxylic acids is 1. The van der Waals surface area contributed by atoms with Crippen LogP contribution in [0.1, 0.15) is 15.9 Å². The van der Waals surface area contributed by atoms with Crippen LogP contribution in [0.3, 0.4) is 0 Å². The molecule has 0 saturated heterocycles. The average molecular weight is 323 g/mol. The largest absolute Gasteiger partial charge is 0.487 e. The summed E-state index contributed by atoms with van der Waals surface area (Å²) in [5.74, 6) is -0.837. The molecule has 0 heterocycles. The van der Waals surface area contributed by atoms with Gasteiger partial charge in [0.1, 0.15) is 23.3 Å². The quantitative estimate of drug-likeness (QED) is 0.887. The summed E-state index contributed by atoms with van der Waals surface area (Å²) in [6, 6.07) is 13.6. The highest BCUT2D eigenvalue weighted by atomic mass is 32.2. The molecule has 0 amide bonds. The summed E-state index contributed by atoms with van der Waals surface area (Å²) >= 11 is 0. The normalized spacial score (nSPS) is 11.5. The molecule has 116 valence electrons. The molecule has 2 aromatic carbocycles. The van der Waals surface area contributed by atoms with Crippen LogP contribution in [0, 0.1) is 0 Å². The van der Waals surface area contributed by atoms with Gasteiger partial charge in [-0.2, -0.15) is 0 Å². The molecule has 5 nitrogen and oxygen atoms in total. The van der Waals surface area contributed by atoms with Crippen molar-refractivity contribution in [3.63, 3.8) is 0 Å². The van der Waals surface area contributed by atoms with E-state index in [0.717, 1.165) is 5.56 Å². The second-order valence-corrected chi connectivity index (χ2v) is 5.52. The van der Waals surface area contributed by atoms with Crippen LogP contribution >= 0.6 is 0 Å². The number of nitrogens with one attached hydrogen (secondary N) is 1. The number of hydrogen-bond acceptors (Lipinski definition) is 4. The maximum Gasteiger partial charge on any atom is 0.379 e. The maximum absolute atomic E-state index is 12.0. The second-order valence-electron chi connectivity index (χ2n) is 4.41. The molecule has 2 rings (SSSR count). The molecule has 0 aliphatic heterocycles. The lowest BCUT2D eigenvalue weighted by atomic mass is 10.2. The number of hydrogen-bond donors (Lipinski definition) is 1. The molecule has 0 aromatic heterocycles. The third-order valence-corrected chi connectivity index (χ3v) is 3.29. The molecule has 22 heavy (non-hydrogen) atoms. The molecule has 1 unspecified atom stereocenters. The van der Waals surface area contributed by atoms with Crippen molar-refractivity contribution >= 4 is 22.6 Å². The predicted molar refractivity (Wildman–Crippen MR) is 81.4 cm³/mol. The van der Waals surface area contributed by atoms with Gasteiger partial charge in [0.15, 0.2) is 0 Å². The standard InChI is InChI=1S/C15H14FNO4S/c1-22(19)17-13-8-7-12(15(18)21-16)9-14(13)20-10-11-5-3-2-4-6-11/h2-9,17H,10H2,1H3. The van der Waals surface area contributed by atoms with Gasteiger partial charge in [-0.25, -0.2) is 13.9 Å². The van der Waals surface area contributed by atoms with Gasteiger partial charge in [0, 0.05) is 10.8 Å². The Kier molecular flexibility index (Phi) is 5.48. The first kappa shape index (κ1) is 16.0. The van der Waals surface area contributed by atoms with E-state index in [1.54, 1.807) is 0 Å². The van der Waals surface area contributed by atoms with Crippen molar-refractivity contribution < 1.29 is 23.2 Å². The van der Waals surface area contributed by atoms with Gasteiger partial charge in [-0.1, -0.05) is 30.3 Å². The van der Waals surface area contributed by atoms with Gasteiger partial charge in [-0.15, -0.1) is 0 Å². The molecule has 1 atom stereocenters. The third-order valence-electron chi connectivity index (χ3n) is 2.78. The van der Waals surface area contributed by atoms with E-state index in [1.165, 1.54) is 24.5 Å². The molecule has 0 bridgehead atoms. The van der Waals surface area contributed by atoms with E-state index in [9.17, 15) is 13.5 Å². The van der Waals surface area contributed by atoms with Crippen molar-refractivity contribution in [3.05, 3.63) is 59.7 Å². The first-order valence-electron chi connectivity index (χ1n) is 6.34. The summed E-state index contributed by atoms with van der Waals surface area (Å²) in [6.45, 7) is 0.250. The topological polar surface area (TPSA) is 64.6 Å². The summed E-state index contributed by atoms with van der Waals surface area (Å²) in [4.78, 5) is 14.4. The number of ether oxygens (including phenoxy) is 1. The summed E-state index contributed by atoms with van der Waals surface area (Å²) in [5, 5.41) is 0. The van der Waals surface area contributed by atoms with E-state index in [0.29, 0.717) is 5.69 Å². The van der Waals surface area contributed by atoms with E-state index >= 15 is 0 Å². The molecular weight excluding hydrogens is 309 g/mol. The lowest BCUT2D eigenvalue weighted by Crippen LogP contribution is -2.06. The van der Waals surface area contributed by atoms with Crippen molar-refractivity contribution in [3.8, 4) is 5.75 Å². The van der Waals surface area contributed by atoms with Gasteiger partial charge in [0.2, 0.25) is 0 Å². The van der Waals surface area contributed by atoms with Gasteiger partial charge in [-0.05, 0) is 23.8 Å². The van der Waals surface area contributed by atoms with Crippen LogP contribution in [0.2, 0.25) is 0 Å². The van der Waals surface area contributed by atoms with Crippen LogP contribution in [-0.2, 0) is 22.5 Å².